The van der Waals surface area contributed by atoms with E-state index in [0.29, 0.717) is 5.92 Å². The normalized spacial score (nSPS) is 26.9. The number of benzene rings is 2. The maximum Gasteiger partial charge on any atom is 0.123 e. The molecule has 2 heteroatoms. The van der Waals surface area contributed by atoms with E-state index in [1.807, 2.05) is 23.5 Å². The smallest absolute Gasteiger partial charge is 0.123 e. The monoisotopic (exact) mass is 434 g/mol. The Bertz CT molecular complexity index is 985. The minimum Gasteiger partial charge on any atom is -0.207 e. The van der Waals surface area contributed by atoms with Gasteiger partial charge in [-0.2, -0.15) is 0 Å². The fourth-order valence-corrected chi connectivity index (χ4v) is 7.52. The Hall–Kier alpha value is -1.67. The van der Waals surface area contributed by atoms with Crippen molar-refractivity contribution in [2.45, 2.75) is 83.0 Å². The van der Waals surface area contributed by atoms with E-state index in [4.69, 9.17) is 0 Å². The summed E-state index contributed by atoms with van der Waals surface area (Å²) in [7, 11) is 0. The average molecular weight is 435 g/mol. The molecular weight excluding hydrogens is 399 g/mol. The van der Waals surface area contributed by atoms with Gasteiger partial charge in [-0.05, 0) is 122 Å². The van der Waals surface area contributed by atoms with Gasteiger partial charge in [0.1, 0.15) is 5.82 Å². The van der Waals surface area contributed by atoms with Gasteiger partial charge in [-0.15, -0.1) is 11.3 Å². The number of aryl methyl sites for hydroxylation is 1. The summed E-state index contributed by atoms with van der Waals surface area (Å²) in [5, 5.41) is 1.43. The van der Waals surface area contributed by atoms with Crippen LogP contribution in [0.15, 0.2) is 48.5 Å². The third-order valence-electron chi connectivity index (χ3n) is 8.11. The highest BCUT2D eigenvalue weighted by Gasteiger charge is 2.31. The summed E-state index contributed by atoms with van der Waals surface area (Å²) in [5.74, 6) is 3.12. The first kappa shape index (κ1) is 21.2. The molecule has 0 N–H and O–H groups in total. The van der Waals surface area contributed by atoms with Gasteiger partial charge in [0.25, 0.3) is 0 Å². The molecule has 2 aliphatic rings. The second-order valence-electron chi connectivity index (χ2n) is 10.0. The Labute approximate surface area is 190 Å². The Morgan fingerprint density at radius 3 is 1.94 bits per heavy atom. The maximum absolute atomic E-state index is 13.2. The average Bonchev–Trinajstić information content (AvgIpc) is 3.22. The van der Waals surface area contributed by atoms with Crippen LogP contribution in [-0.4, -0.2) is 0 Å². The van der Waals surface area contributed by atoms with Gasteiger partial charge < -0.3 is 0 Å². The Morgan fingerprint density at radius 2 is 1.32 bits per heavy atom. The maximum atomic E-state index is 13.2. The van der Waals surface area contributed by atoms with Gasteiger partial charge >= 0.3 is 0 Å². The molecule has 0 atom stereocenters. The van der Waals surface area contributed by atoms with E-state index in [2.05, 4.69) is 31.2 Å². The fraction of sp³-hybridized carbons (Fsp3) is 0.517. The minimum absolute atomic E-state index is 0.117. The highest BCUT2D eigenvalue weighted by molar-refractivity contribution is 7.19. The quantitative estimate of drug-likeness (QED) is 0.375. The van der Waals surface area contributed by atoms with Crippen LogP contribution in [0.5, 0.6) is 0 Å². The highest BCUT2D eigenvalue weighted by Crippen LogP contribution is 2.46. The van der Waals surface area contributed by atoms with Crippen LogP contribution in [0, 0.1) is 17.7 Å². The lowest BCUT2D eigenvalue weighted by atomic mass is 9.67. The van der Waals surface area contributed by atoms with Gasteiger partial charge in [-0.1, -0.05) is 37.6 Å². The van der Waals surface area contributed by atoms with Crippen molar-refractivity contribution >= 4 is 21.4 Å². The molecule has 3 aromatic rings. The molecular formula is C29H35FS. The first-order valence-corrected chi connectivity index (χ1v) is 13.3. The zero-order valence-corrected chi connectivity index (χ0v) is 19.6. The molecule has 0 amide bonds. The Kier molecular flexibility index (Phi) is 6.46. The molecule has 164 valence electrons. The van der Waals surface area contributed by atoms with Crippen molar-refractivity contribution < 1.29 is 4.39 Å². The molecule has 2 aliphatic carbocycles. The highest BCUT2D eigenvalue weighted by atomic mass is 32.1. The molecule has 0 saturated heterocycles. The summed E-state index contributed by atoms with van der Waals surface area (Å²) in [5.41, 5.74) is 2.92. The van der Waals surface area contributed by atoms with Crippen molar-refractivity contribution in [1.29, 1.82) is 0 Å². The number of thiophene rings is 1. The molecule has 5 rings (SSSR count). The van der Waals surface area contributed by atoms with Crippen LogP contribution in [0.3, 0.4) is 0 Å². The molecule has 1 aromatic heterocycles. The number of rotatable bonds is 5. The molecule has 0 spiro atoms. The predicted octanol–water partition coefficient (Wildman–Crippen LogP) is 9.24. The molecule has 0 aliphatic heterocycles. The van der Waals surface area contributed by atoms with Crippen LogP contribution in [0.25, 0.3) is 10.1 Å². The van der Waals surface area contributed by atoms with Crippen molar-refractivity contribution in [1.82, 2.24) is 0 Å². The van der Waals surface area contributed by atoms with Gasteiger partial charge in [0.15, 0.2) is 0 Å². The lowest BCUT2D eigenvalue weighted by molar-refractivity contribution is 0.177. The summed E-state index contributed by atoms with van der Waals surface area (Å²) in [6.45, 7) is 2.27. The second-order valence-corrected chi connectivity index (χ2v) is 11.2. The van der Waals surface area contributed by atoms with Crippen molar-refractivity contribution in [2.24, 2.45) is 11.8 Å². The second kappa shape index (κ2) is 9.45. The van der Waals surface area contributed by atoms with Crippen LogP contribution >= 0.6 is 11.3 Å². The zero-order chi connectivity index (χ0) is 21.2. The van der Waals surface area contributed by atoms with E-state index in [9.17, 15) is 4.39 Å². The molecule has 2 saturated carbocycles. The third kappa shape index (κ3) is 4.75. The summed E-state index contributed by atoms with van der Waals surface area (Å²) in [6, 6.07) is 16.9. The van der Waals surface area contributed by atoms with Crippen LogP contribution < -0.4 is 0 Å². The summed E-state index contributed by atoms with van der Waals surface area (Å²) in [6.07, 6.45) is 13.3. The Balaban J connectivity index is 1.15. The van der Waals surface area contributed by atoms with Gasteiger partial charge in [-0.3, -0.25) is 0 Å². The van der Waals surface area contributed by atoms with Gasteiger partial charge in [0.2, 0.25) is 0 Å². The number of fused-ring (bicyclic) bond motifs is 1. The zero-order valence-electron chi connectivity index (χ0n) is 18.8. The molecule has 0 bridgehead atoms. The first-order chi connectivity index (χ1) is 15.2. The molecule has 1 heterocycles. The van der Waals surface area contributed by atoms with E-state index in [1.165, 1.54) is 84.7 Å². The first-order valence-electron chi connectivity index (χ1n) is 12.5. The summed E-state index contributed by atoms with van der Waals surface area (Å²) >= 11 is 2.00. The van der Waals surface area contributed by atoms with E-state index in [-0.39, 0.29) is 5.82 Å². The predicted molar refractivity (Wildman–Crippen MR) is 132 cm³/mol. The standard InChI is InChI=1S/C29H35FS/c1-2-3-28-18-26-13-12-25(19-29(26)31-28)24-10-8-21(9-11-24)20-4-6-22(7-5-20)23-14-16-27(30)17-15-23/h12-22,24H,2-11H2,1H3. The van der Waals surface area contributed by atoms with Gasteiger partial charge in [-0.25, -0.2) is 4.39 Å². The van der Waals surface area contributed by atoms with Crippen molar-refractivity contribution in [3.63, 3.8) is 0 Å². The van der Waals surface area contributed by atoms with Gasteiger partial charge in [0, 0.05) is 9.58 Å². The minimum atomic E-state index is -0.117. The van der Waals surface area contributed by atoms with Crippen molar-refractivity contribution in [3.8, 4) is 0 Å². The molecule has 2 aromatic carbocycles. The molecule has 0 nitrogen and oxygen atoms in total. The van der Waals surface area contributed by atoms with E-state index in [1.54, 1.807) is 17.7 Å². The van der Waals surface area contributed by atoms with Gasteiger partial charge in [0.05, 0.1) is 0 Å². The largest absolute Gasteiger partial charge is 0.207 e. The van der Waals surface area contributed by atoms with Crippen LogP contribution in [0.2, 0.25) is 0 Å². The number of halogens is 1. The van der Waals surface area contributed by atoms with Crippen LogP contribution in [0.4, 0.5) is 4.39 Å². The molecule has 2 fully saturated rings. The molecule has 0 radical (unpaired) electrons. The van der Waals surface area contributed by atoms with Crippen molar-refractivity contribution in [2.75, 3.05) is 0 Å². The lowest BCUT2D eigenvalue weighted by Crippen LogP contribution is -2.25. The Morgan fingerprint density at radius 1 is 0.742 bits per heavy atom. The lowest BCUT2D eigenvalue weighted by Gasteiger charge is -2.38. The molecule has 0 unspecified atom stereocenters. The number of hydrogen-bond donors (Lipinski definition) is 0. The van der Waals surface area contributed by atoms with E-state index < -0.39 is 0 Å². The summed E-state index contributed by atoms with van der Waals surface area (Å²) < 4.78 is 14.7. The van der Waals surface area contributed by atoms with Crippen molar-refractivity contribution in [3.05, 3.63) is 70.4 Å². The third-order valence-corrected chi connectivity index (χ3v) is 9.27. The molecule has 31 heavy (non-hydrogen) atoms. The summed E-state index contributed by atoms with van der Waals surface area (Å²) in [4.78, 5) is 1.54. The van der Waals surface area contributed by atoms with Crippen LogP contribution in [-0.2, 0) is 6.42 Å². The fourth-order valence-electron chi connectivity index (χ4n) is 6.31. The van der Waals surface area contributed by atoms with E-state index >= 15 is 0 Å². The number of hydrogen-bond acceptors (Lipinski definition) is 1. The topological polar surface area (TPSA) is 0 Å². The van der Waals surface area contributed by atoms with Crippen LogP contribution in [0.1, 0.15) is 92.6 Å². The SMILES string of the molecule is CCCc1cc2ccc(C3CCC(C4CCC(c5ccc(F)cc5)CC4)CC3)cc2s1. The van der Waals surface area contributed by atoms with E-state index in [0.717, 1.165) is 17.8 Å².